The van der Waals surface area contributed by atoms with Crippen LogP contribution in [-0.2, 0) is 0 Å². The molecular formula is C26H26N4O3. The van der Waals surface area contributed by atoms with E-state index in [1.54, 1.807) is 7.11 Å². The number of carbonyl (C=O) groups excluding carboxylic acids is 1. The molecule has 0 aliphatic carbocycles. The number of methoxy groups -OCH3 is 1. The molecule has 1 saturated heterocycles. The number of anilines is 1. The van der Waals surface area contributed by atoms with E-state index >= 15 is 0 Å². The van der Waals surface area contributed by atoms with Gasteiger partial charge in [-0.3, -0.25) is 0 Å². The number of nitrogens with one attached hydrogen (secondary N) is 1. The summed E-state index contributed by atoms with van der Waals surface area (Å²) < 4.78 is 11.5. The van der Waals surface area contributed by atoms with Crippen molar-refractivity contribution in [2.24, 2.45) is 4.99 Å². The molecule has 3 aromatic rings. The molecule has 1 N–H and O–H groups in total. The average Bonchev–Trinajstić information content (AvgIpc) is 3.00. The molecule has 0 aromatic heterocycles. The number of nitrogens with zero attached hydrogens (tertiary/aromatic N) is 3. The Morgan fingerprint density at radius 1 is 0.970 bits per heavy atom. The highest BCUT2D eigenvalue weighted by atomic mass is 16.5. The van der Waals surface area contributed by atoms with Gasteiger partial charge in [-0.1, -0.05) is 24.3 Å². The number of para-hydroxylation sites is 1. The van der Waals surface area contributed by atoms with Crippen LogP contribution < -0.4 is 14.8 Å². The Morgan fingerprint density at radius 3 is 2.61 bits per heavy atom. The first kappa shape index (κ1) is 20.9. The SMILES string of the molecule is COc1cccc(NC(=O)N2CCN(C3=Nc4ccc(C)cc4Oc4ccccc43)CC2)c1. The number of benzene rings is 3. The lowest BCUT2D eigenvalue weighted by atomic mass is 10.1. The number of aliphatic imine (C=N–C) groups is 1. The van der Waals surface area contributed by atoms with Crippen LogP contribution in [0.1, 0.15) is 11.1 Å². The Morgan fingerprint density at radius 2 is 1.79 bits per heavy atom. The van der Waals surface area contributed by atoms with Crippen LogP contribution in [0.4, 0.5) is 16.2 Å². The molecule has 0 bridgehead atoms. The van der Waals surface area contributed by atoms with Gasteiger partial charge in [0.25, 0.3) is 0 Å². The van der Waals surface area contributed by atoms with Gasteiger partial charge in [-0.25, -0.2) is 9.79 Å². The standard InChI is InChI=1S/C26H26N4O3/c1-18-10-11-22-24(16-18)33-23-9-4-3-8-21(23)25(28-22)29-12-14-30(15-13-29)26(31)27-19-6-5-7-20(17-19)32-2/h3-11,16-17H,12-15H2,1-2H3,(H,27,31). The largest absolute Gasteiger partial charge is 0.497 e. The zero-order valence-corrected chi connectivity index (χ0v) is 18.7. The molecule has 2 amide bonds. The highest BCUT2D eigenvalue weighted by Crippen LogP contribution is 2.38. The lowest BCUT2D eigenvalue weighted by molar-refractivity contribution is 0.181. The van der Waals surface area contributed by atoms with Crippen molar-refractivity contribution in [1.82, 2.24) is 9.80 Å². The first-order valence-corrected chi connectivity index (χ1v) is 11.0. The Kier molecular flexibility index (Phi) is 5.60. The first-order valence-electron chi connectivity index (χ1n) is 11.0. The third-order valence-corrected chi connectivity index (χ3v) is 5.88. The molecule has 0 spiro atoms. The van der Waals surface area contributed by atoms with Gasteiger partial charge < -0.3 is 24.6 Å². The van der Waals surface area contributed by atoms with E-state index in [-0.39, 0.29) is 6.03 Å². The van der Waals surface area contributed by atoms with E-state index < -0.39 is 0 Å². The van der Waals surface area contributed by atoms with Crippen molar-refractivity contribution >= 4 is 23.2 Å². The average molecular weight is 443 g/mol. The first-order chi connectivity index (χ1) is 16.1. The van der Waals surface area contributed by atoms with E-state index in [1.165, 1.54) is 0 Å². The summed E-state index contributed by atoms with van der Waals surface area (Å²) in [4.78, 5) is 21.8. The van der Waals surface area contributed by atoms with E-state index in [0.29, 0.717) is 37.6 Å². The maximum Gasteiger partial charge on any atom is 0.321 e. The van der Waals surface area contributed by atoms with E-state index in [0.717, 1.165) is 34.1 Å². The van der Waals surface area contributed by atoms with Gasteiger partial charge in [-0.05, 0) is 48.9 Å². The molecule has 7 nitrogen and oxygen atoms in total. The molecule has 0 radical (unpaired) electrons. The molecular weight excluding hydrogens is 416 g/mol. The van der Waals surface area contributed by atoms with Gasteiger partial charge in [-0.15, -0.1) is 0 Å². The molecule has 7 heteroatoms. The Balaban J connectivity index is 1.33. The minimum atomic E-state index is -0.115. The Bertz CT molecular complexity index is 1220. The van der Waals surface area contributed by atoms with Crippen LogP contribution in [0.5, 0.6) is 17.2 Å². The van der Waals surface area contributed by atoms with Crippen LogP contribution in [0, 0.1) is 6.92 Å². The molecule has 5 rings (SSSR count). The number of amidine groups is 1. The third-order valence-electron chi connectivity index (χ3n) is 5.88. The summed E-state index contributed by atoms with van der Waals surface area (Å²) in [5.74, 6) is 3.13. The molecule has 0 unspecified atom stereocenters. The normalized spacial score (nSPS) is 14.9. The smallest absolute Gasteiger partial charge is 0.321 e. The van der Waals surface area contributed by atoms with Crippen molar-refractivity contribution in [2.75, 3.05) is 38.6 Å². The second-order valence-corrected chi connectivity index (χ2v) is 8.14. The topological polar surface area (TPSA) is 66.4 Å². The van der Waals surface area contributed by atoms with Gasteiger partial charge in [0, 0.05) is 37.9 Å². The zero-order chi connectivity index (χ0) is 22.8. The van der Waals surface area contributed by atoms with Gasteiger partial charge in [0.05, 0.1) is 12.7 Å². The van der Waals surface area contributed by atoms with Gasteiger partial charge in [0.2, 0.25) is 0 Å². The monoisotopic (exact) mass is 442 g/mol. The number of rotatable bonds is 2. The summed E-state index contributed by atoms with van der Waals surface area (Å²) in [5, 5.41) is 2.96. The number of urea groups is 1. The van der Waals surface area contributed by atoms with Crippen LogP contribution in [0.3, 0.4) is 0 Å². The number of ether oxygens (including phenoxy) is 2. The Labute approximate surface area is 193 Å². The number of hydrogen-bond acceptors (Lipinski definition) is 5. The molecule has 3 aromatic carbocycles. The number of carbonyl (C=O) groups is 1. The summed E-state index contributed by atoms with van der Waals surface area (Å²) in [6.07, 6.45) is 0. The van der Waals surface area contributed by atoms with Gasteiger partial charge in [0.1, 0.15) is 23.0 Å². The van der Waals surface area contributed by atoms with E-state index in [4.69, 9.17) is 14.5 Å². The maximum atomic E-state index is 12.8. The van der Waals surface area contributed by atoms with E-state index in [9.17, 15) is 4.79 Å². The maximum absolute atomic E-state index is 12.8. The van der Waals surface area contributed by atoms with Crippen molar-refractivity contribution in [3.05, 3.63) is 77.9 Å². The molecule has 2 aliphatic heterocycles. The molecule has 2 heterocycles. The van der Waals surface area contributed by atoms with Gasteiger partial charge >= 0.3 is 6.03 Å². The number of amides is 2. The summed E-state index contributed by atoms with van der Waals surface area (Å²) in [6, 6.07) is 21.3. The number of piperazine rings is 1. The summed E-state index contributed by atoms with van der Waals surface area (Å²) in [7, 11) is 1.61. The van der Waals surface area contributed by atoms with Crippen LogP contribution in [0.2, 0.25) is 0 Å². The fourth-order valence-electron chi connectivity index (χ4n) is 4.09. The molecule has 1 fully saturated rings. The predicted molar refractivity (Wildman–Crippen MR) is 129 cm³/mol. The fourth-order valence-corrected chi connectivity index (χ4v) is 4.09. The van der Waals surface area contributed by atoms with E-state index in [2.05, 4.69) is 10.2 Å². The predicted octanol–water partition coefficient (Wildman–Crippen LogP) is 5.04. The zero-order valence-electron chi connectivity index (χ0n) is 18.7. The van der Waals surface area contributed by atoms with Crippen molar-refractivity contribution in [1.29, 1.82) is 0 Å². The van der Waals surface area contributed by atoms with Gasteiger partial charge in [-0.2, -0.15) is 0 Å². The van der Waals surface area contributed by atoms with E-state index in [1.807, 2.05) is 78.6 Å². The fraction of sp³-hybridized carbons (Fsp3) is 0.231. The highest BCUT2D eigenvalue weighted by molar-refractivity contribution is 6.04. The highest BCUT2D eigenvalue weighted by Gasteiger charge is 2.27. The molecule has 2 aliphatic rings. The summed E-state index contributed by atoms with van der Waals surface area (Å²) >= 11 is 0. The quantitative estimate of drug-likeness (QED) is 0.604. The molecule has 168 valence electrons. The molecule has 0 atom stereocenters. The van der Waals surface area contributed by atoms with Crippen molar-refractivity contribution in [3.63, 3.8) is 0 Å². The summed E-state index contributed by atoms with van der Waals surface area (Å²) in [6.45, 7) is 4.60. The minimum Gasteiger partial charge on any atom is -0.497 e. The summed E-state index contributed by atoms with van der Waals surface area (Å²) in [5.41, 5.74) is 3.61. The minimum absolute atomic E-state index is 0.115. The number of hydrogen-bond donors (Lipinski definition) is 1. The van der Waals surface area contributed by atoms with Crippen LogP contribution in [-0.4, -0.2) is 55.0 Å². The number of aryl methyl sites for hydroxylation is 1. The second-order valence-electron chi connectivity index (χ2n) is 8.14. The number of fused-ring (bicyclic) bond motifs is 2. The lowest BCUT2D eigenvalue weighted by Gasteiger charge is -2.36. The molecule has 0 saturated carbocycles. The van der Waals surface area contributed by atoms with Crippen LogP contribution in [0.15, 0.2) is 71.7 Å². The van der Waals surface area contributed by atoms with Crippen molar-refractivity contribution in [3.8, 4) is 17.2 Å². The van der Waals surface area contributed by atoms with Crippen molar-refractivity contribution < 1.29 is 14.3 Å². The van der Waals surface area contributed by atoms with Gasteiger partial charge in [0.15, 0.2) is 5.75 Å². The second kappa shape index (κ2) is 8.86. The molecule has 33 heavy (non-hydrogen) atoms. The lowest BCUT2D eigenvalue weighted by Crippen LogP contribution is -2.51. The Hall–Kier alpha value is -4.00. The van der Waals surface area contributed by atoms with Crippen LogP contribution in [0.25, 0.3) is 0 Å². The van der Waals surface area contributed by atoms with Crippen LogP contribution >= 0.6 is 0 Å². The van der Waals surface area contributed by atoms with Crippen molar-refractivity contribution in [2.45, 2.75) is 6.92 Å². The third kappa shape index (κ3) is 4.35.